The third-order valence-corrected chi connectivity index (χ3v) is 2.93. The minimum absolute atomic E-state index is 1.07. The molecule has 0 fully saturated rings. The average molecular weight is 192 g/mol. The van der Waals surface area contributed by atoms with Crippen molar-refractivity contribution < 1.29 is 0 Å². The Hall–Kier alpha value is -1.82. The lowest BCUT2D eigenvalue weighted by molar-refractivity contribution is 1.27. The number of hydrogen-bond acceptors (Lipinski definition) is 0. The first-order valence-corrected chi connectivity index (χ1v) is 5.28. The first kappa shape index (κ1) is 8.49. The fourth-order valence-electron chi connectivity index (χ4n) is 2.21. The average Bonchev–Trinajstić information content (AvgIpc) is 2.55. The number of fused-ring (bicyclic) bond motifs is 3. The van der Waals surface area contributed by atoms with Crippen molar-refractivity contribution in [3.05, 3.63) is 77.4 Å². The van der Waals surface area contributed by atoms with Gasteiger partial charge in [-0.05, 0) is 28.7 Å². The zero-order chi connectivity index (χ0) is 10.1. The molecule has 72 valence electrons. The molecule has 0 saturated heterocycles. The van der Waals surface area contributed by atoms with E-state index in [1.54, 1.807) is 0 Å². The maximum absolute atomic E-state index is 2.22. The Balaban J connectivity index is 2.20. The standard InChI is InChI=1S/C15H12/c1-2-4-9-14-12(7-3-1)11-13-8-5-6-10-15(13)14/h1-10H,11H2/b2-1?,3-1-,4-2-,7-3?,9-4?,12-7-,14-9+. The molecule has 2 aliphatic rings. The van der Waals surface area contributed by atoms with Crippen LogP contribution < -0.4 is 0 Å². The highest BCUT2D eigenvalue weighted by molar-refractivity contribution is 5.87. The molecule has 15 heavy (non-hydrogen) atoms. The molecule has 3 rings (SSSR count). The highest BCUT2D eigenvalue weighted by Gasteiger charge is 2.19. The summed E-state index contributed by atoms with van der Waals surface area (Å²) >= 11 is 0. The summed E-state index contributed by atoms with van der Waals surface area (Å²) in [6.07, 6.45) is 13.9. The topological polar surface area (TPSA) is 0 Å². The van der Waals surface area contributed by atoms with Crippen LogP contribution in [-0.4, -0.2) is 0 Å². The minimum atomic E-state index is 1.07. The molecule has 0 heteroatoms. The molecule has 0 spiro atoms. The van der Waals surface area contributed by atoms with Crippen molar-refractivity contribution >= 4 is 5.57 Å². The molecule has 0 aliphatic heterocycles. The zero-order valence-electron chi connectivity index (χ0n) is 8.48. The van der Waals surface area contributed by atoms with Crippen LogP contribution in [0.1, 0.15) is 11.1 Å². The normalized spacial score (nSPS) is 28.5. The molecule has 2 aliphatic carbocycles. The van der Waals surface area contributed by atoms with Crippen LogP contribution in [0.2, 0.25) is 0 Å². The predicted octanol–water partition coefficient (Wildman–Crippen LogP) is 3.68. The van der Waals surface area contributed by atoms with Gasteiger partial charge in [-0.1, -0.05) is 60.7 Å². The molecule has 0 aromatic heterocycles. The van der Waals surface area contributed by atoms with Gasteiger partial charge in [0.15, 0.2) is 0 Å². The number of allylic oxidation sites excluding steroid dienone is 8. The summed E-state index contributed by atoms with van der Waals surface area (Å²) in [5, 5.41) is 0. The molecule has 0 amide bonds. The van der Waals surface area contributed by atoms with Crippen molar-refractivity contribution in [2.24, 2.45) is 0 Å². The summed E-state index contributed by atoms with van der Waals surface area (Å²) in [6.45, 7) is 0. The van der Waals surface area contributed by atoms with E-state index in [-0.39, 0.29) is 0 Å². The van der Waals surface area contributed by atoms with Gasteiger partial charge in [0, 0.05) is 0 Å². The molecular formula is C15H12. The van der Waals surface area contributed by atoms with E-state index >= 15 is 0 Å². The second-order valence-corrected chi connectivity index (χ2v) is 3.88. The predicted molar refractivity (Wildman–Crippen MR) is 64.5 cm³/mol. The lowest BCUT2D eigenvalue weighted by Crippen LogP contribution is -1.80. The molecule has 0 nitrogen and oxygen atoms in total. The monoisotopic (exact) mass is 192 g/mol. The van der Waals surface area contributed by atoms with E-state index in [1.165, 1.54) is 22.3 Å². The SMILES string of the molecule is C1=C\C=C2\Cc3ccccc3\C2=C\C=C/1. The first-order valence-electron chi connectivity index (χ1n) is 5.28. The number of rotatable bonds is 0. The van der Waals surface area contributed by atoms with Gasteiger partial charge >= 0.3 is 0 Å². The lowest BCUT2D eigenvalue weighted by Gasteiger charge is -2.01. The zero-order valence-corrected chi connectivity index (χ0v) is 8.48. The molecular weight excluding hydrogens is 180 g/mol. The Morgan fingerprint density at radius 1 is 0.800 bits per heavy atom. The van der Waals surface area contributed by atoms with E-state index in [4.69, 9.17) is 0 Å². The van der Waals surface area contributed by atoms with Gasteiger partial charge in [0.25, 0.3) is 0 Å². The van der Waals surface area contributed by atoms with E-state index in [9.17, 15) is 0 Å². The van der Waals surface area contributed by atoms with Gasteiger partial charge in [-0.15, -0.1) is 0 Å². The molecule has 0 radical (unpaired) electrons. The highest BCUT2D eigenvalue weighted by Crippen LogP contribution is 2.36. The fourth-order valence-corrected chi connectivity index (χ4v) is 2.21. The molecule has 0 unspecified atom stereocenters. The van der Waals surface area contributed by atoms with E-state index in [0.29, 0.717) is 0 Å². The summed E-state index contributed by atoms with van der Waals surface area (Å²) in [4.78, 5) is 0. The maximum Gasteiger partial charge on any atom is -0.00135 e. The van der Waals surface area contributed by atoms with Crippen LogP contribution in [-0.2, 0) is 6.42 Å². The van der Waals surface area contributed by atoms with E-state index in [2.05, 4.69) is 60.7 Å². The van der Waals surface area contributed by atoms with Gasteiger partial charge in [0.2, 0.25) is 0 Å². The second kappa shape index (κ2) is 3.39. The van der Waals surface area contributed by atoms with Gasteiger partial charge in [0.05, 0.1) is 0 Å². The lowest BCUT2D eigenvalue weighted by atomic mass is 10.0. The van der Waals surface area contributed by atoms with Gasteiger partial charge in [-0.2, -0.15) is 0 Å². The van der Waals surface area contributed by atoms with Gasteiger partial charge < -0.3 is 0 Å². The maximum atomic E-state index is 2.22. The van der Waals surface area contributed by atoms with E-state index in [1.807, 2.05) is 0 Å². The molecule has 1 aromatic carbocycles. The van der Waals surface area contributed by atoms with Gasteiger partial charge in [-0.3, -0.25) is 0 Å². The van der Waals surface area contributed by atoms with Crippen molar-refractivity contribution in [2.45, 2.75) is 6.42 Å². The quantitative estimate of drug-likeness (QED) is 0.588. The van der Waals surface area contributed by atoms with Crippen LogP contribution in [0.4, 0.5) is 0 Å². The Morgan fingerprint density at radius 2 is 1.60 bits per heavy atom. The number of hydrogen-bond donors (Lipinski definition) is 0. The highest BCUT2D eigenvalue weighted by atomic mass is 14.2. The Labute approximate surface area is 89.9 Å². The summed E-state index contributed by atoms with van der Waals surface area (Å²) in [5.41, 5.74) is 5.64. The summed E-state index contributed by atoms with van der Waals surface area (Å²) < 4.78 is 0. The van der Waals surface area contributed by atoms with Crippen molar-refractivity contribution in [2.75, 3.05) is 0 Å². The Morgan fingerprint density at radius 3 is 2.53 bits per heavy atom. The van der Waals surface area contributed by atoms with Crippen LogP contribution in [0.25, 0.3) is 5.57 Å². The Bertz CT molecular complexity index is 511. The van der Waals surface area contributed by atoms with Gasteiger partial charge in [-0.25, -0.2) is 0 Å². The Kier molecular flexibility index (Phi) is 1.92. The summed E-state index contributed by atoms with van der Waals surface area (Å²) in [7, 11) is 0. The molecule has 0 atom stereocenters. The molecule has 0 bridgehead atoms. The first-order chi connectivity index (χ1) is 7.45. The minimum Gasteiger partial charge on any atom is -0.0623 e. The van der Waals surface area contributed by atoms with Crippen molar-refractivity contribution in [3.63, 3.8) is 0 Å². The smallest absolute Gasteiger partial charge is 0.00135 e. The third-order valence-electron chi connectivity index (χ3n) is 2.93. The van der Waals surface area contributed by atoms with Crippen LogP contribution in [0, 0.1) is 0 Å². The van der Waals surface area contributed by atoms with Crippen LogP contribution in [0.3, 0.4) is 0 Å². The molecule has 0 saturated carbocycles. The van der Waals surface area contributed by atoms with E-state index in [0.717, 1.165) is 6.42 Å². The second-order valence-electron chi connectivity index (χ2n) is 3.88. The van der Waals surface area contributed by atoms with Crippen molar-refractivity contribution in [1.82, 2.24) is 0 Å². The van der Waals surface area contributed by atoms with Crippen LogP contribution >= 0.6 is 0 Å². The number of benzene rings is 1. The third kappa shape index (κ3) is 1.39. The van der Waals surface area contributed by atoms with E-state index < -0.39 is 0 Å². The molecule has 0 N–H and O–H groups in total. The van der Waals surface area contributed by atoms with Crippen LogP contribution in [0.15, 0.2) is 66.3 Å². The molecule has 1 aromatic rings. The van der Waals surface area contributed by atoms with Crippen molar-refractivity contribution in [1.29, 1.82) is 0 Å². The largest absolute Gasteiger partial charge is 0.0623 e. The van der Waals surface area contributed by atoms with Gasteiger partial charge in [0.1, 0.15) is 0 Å². The summed E-state index contributed by atoms with van der Waals surface area (Å²) in [5.74, 6) is 0. The summed E-state index contributed by atoms with van der Waals surface area (Å²) in [6, 6.07) is 8.65. The van der Waals surface area contributed by atoms with Crippen molar-refractivity contribution in [3.8, 4) is 0 Å². The molecule has 0 heterocycles. The van der Waals surface area contributed by atoms with Crippen LogP contribution in [0.5, 0.6) is 0 Å². The fraction of sp³-hybridized carbons (Fsp3) is 0.0667.